The summed E-state index contributed by atoms with van der Waals surface area (Å²) in [5.41, 5.74) is 2.52. The molecule has 0 unspecified atom stereocenters. The minimum absolute atomic E-state index is 0.759. The van der Waals surface area contributed by atoms with E-state index in [9.17, 15) is 0 Å². The zero-order valence-electron chi connectivity index (χ0n) is 18.7. The topological polar surface area (TPSA) is 29.9 Å². The van der Waals surface area contributed by atoms with E-state index in [2.05, 4.69) is 74.6 Å². The lowest BCUT2D eigenvalue weighted by Gasteiger charge is -2.36. The molecular formula is C26H29N3O2S. The second kappa shape index (κ2) is 9.27. The van der Waals surface area contributed by atoms with Crippen molar-refractivity contribution in [2.24, 2.45) is 0 Å². The molecule has 6 heteroatoms. The lowest BCUT2D eigenvalue weighted by molar-refractivity contribution is 0.252. The zero-order chi connectivity index (χ0) is 21.9. The lowest BCUT2D eigenvalue weighted by atomic mass is 10.1. The summed E-state index contributed by atoms with van der Waals surface area (Å²) >= 11 is 1.85. The fraction of sp³-hybridized carbons (Fsp3) is 0.308. The Kier molecular flexibility index (Phi) is 6.06. The summed E-state index contributed by atoms with van der Waals surface area (Å²) in [6.07, 6.45) is 4.52. The molecule has 0 amide bonds. The van der Waals surface area contributed by atoms with Gasteiger partial charge in [0.05, 0.1) is 14.2 Å². The van der Waals surface area contributed by atoms with Gasteiger partial charge in [0.25, 0.3) is 0 Å². The van der Waals surface area contributed by atoms with Gasteiger partial charge in [-0.2, -0.15) is 0 Å². The second-order valence-electron chi connectivity index (χ2n) is 8.24. The minimum Gasteiger partial charge on any atom is -0.493 e. The maximum Gasteiger partial charge on any atom is 0.161 e. The number of aromatic nitrogens is 1. The van der Waals surface area contributed by atoms with Crippen molar-refractivity contribution < 1.29 is 9.47 Å². The van der Waals surface area contributed by atoms with Gasteiger partial charge >= 0.3 is 0 Å². The Hall–Kier alpha value is -2.96. The summed E-state index contributed by atoms with van der Waals surface area (Å²) in [7, 11) is 3.35. The molecule has 0 spiro atoms. The van der Waals surface area contributed by atoms with Crippen LogP contribution in [0.1, 0.15) is 10.4 Å². The van der Waals surface area contributed by atoms with Gasteiger partial charge in [-0.25, -0.2) is 0 Å². The van der Waals surface area contributed by atoms with Gasteiger partial charge in [0, 0.05) is 73.0 Å². The fourth-order valence-corrected chi connectivity index (χ4v) is 5.28. The average molecular weight is 448 g/mol. The normalized spacial score (nSPS) is 14.8. The molecule has 0 saturated carbocycles. The van der Waals surface area contributed by atoms with Gasteiger partial charge in [-0.3, -0.25) is 4.90 Å². The number of rotatable bonds is 7. The summed E-state index contributed by atoms with van der Waals surface area (Å²) in [5.74, 6) is 1.53. The molecule has 0 atom stereocenters. The molecule has 0 aliphatic carbocycles. The van der Waals surface area contributed by atoms with Gasteiger partial charge in [0.1, 0.15) is 0 Å². The molecule has 0 radical (unpaired) electrons. The molecule has 3 heterocycles. The van der Waals surface area contributed by atoms with E-state index < -0.39 is 0 Å². The Balaban J connectivity index is 1.32. The van der Waals surface area contributed by atoms with Crippen LogP contribution < -0.4 is 14.4 Å². The predicted molar refractivity (Wildman–Crippen MR) is 132 cm³/mol. The highest BCUT2D eigenvalue weighted by Crippen LogP contribution is 2.31. The Morgan fingerprint density at radius 3 is 2.44 bits per heavy atom. The number of hydrogen-bond acceptors (Lipinski definition) is 5. The maximum atomic E-state index is 5.47. The summed E-state index contributed by atoms with van der Waals surface area (Å²) in [6, 6.07) is 17.1. The van der Waals surface area contributed by atoms with Crippen LogP contribution in [-0.4, -0.2) is 49.9 Å². The molecule has 1 aliphatic heterocycles. The third kappa shape index (κ3) is 4.33. The van der Waals surface area contributed by atoms with Gasteiger partial charge in [0.2, 0.25) is 0 Å². The number of nitrogens with zero attached hydrogens (tertiary/aromatic N) is 3. The van der Waals surface area contributed by atoms with E-state index in [-0.39, 0.29) is 0 Å². The van der Waals surface area contributed by atoms with Crippen molar-refractivity contribution in [1.29, 1.82) is 0 Å². The molecule has 0 N–H and O–H groups in total. The zero-order valence-corrected chi connectivity index (χ0v) is 19.5. The first-order chi connectivity index (χ1) is 15.7. The Labute approximate surface area is 193 Å². The van der Waals surface area contributed by atoms with Crippen LogP contribution in [0.25, 0.3) is 10.8 Å². The highest BCUT2D eigenvalue weighted by Gasteiger charge is 2.19. The average Bonchev–Trinajstić information content (AvgIpc) is 3.48. The summed E-state index contributed by atoms with van der Waals surface area (Å²) in [6.45, 7) is 6.18. The van der Waals surface area contributed by atoms with E-state index >= 15 is 0 Å². The van der Waals surface area contributed by atoms with E-state index in [0.717, 1.165) is 50.8 Å². The van der Waals surface area contributed by atoms with E-state index in [1.54, 1.807) is 14.2 Å². The lowest BCUT2D eigenvalue weighted by Crippen LogP contribution is -2.45. The number of hydrogen-bond donors (Lipinski definition) is 0. The van der Waals surface area contributed by atoms with Gasteiger partial charge in [0.15, 0.2) is 11.5 Å². The third-order valence-corrected chi connectivity index (χ3v) is 7.06. The molecule has 166 valence electrons. The molecule has 2 aromatic carbocycles. The van der Waals surface area contributed by atoms with Crippen molar-refractivity contribution in [3.63, 3.8) is 0 Å². The molecule has 5 nitrogen and oxygen atoms in total. The number of benzene rings is 2. The highest BCUT2D eigenvalue weighted by atomic mass is 32.1. The molecule has 32 heavy (non-hydrogen) atoms. The van der Waals surface area contributed by atoms with Gasteiger partial charge in [-0.05, 0) is 35.2 Å². The molecule has 1 saturated heterocycles. The van der Waals surface area contributed by atoms with E-state index in [1.165, 1.54) is 26.9 Å². The largest absolute Gasteiger partial charge is 0.493 e. The third-order valence-electron chi connectivity index (χ3n) is 6.20. The van der Waals surface area contributed by atoms with Crippen molar-refractivity contribution in [2.75, 3.05) is 45.3 Å². The van der Waals surface area contributed by atoms with Crippen LogP contribution in [0.4, 0.5) is 5.69 Å². The van der Waals surface area contributed by atoms with Crippen LogP contribution in [0.5, 0.6) is 11.5 Å². The van der Waals surface area contributed by atoms with Crippen molar-refractivity contribution in [3.05, 3.63) is 76.7 Å². The van der Waals surface area contributed by atoms with Gasteiger partial charge in [-0.15, -0.1) is 11.3 Å². The van der Waals surface area contributed by atoms with Crippen LogP contribution in [0.2, 0.25) is 0 Å². The SMILES string of the molecule is COc1ccc(Cn2cc3cccc(N4CCN(Cc5cccs5)CC4)c3c2)cc1OC. The number of methoxy groups -OCH3 is 2. The number of fused-ring (bicyclic) bond motifs is 1. The van der Waals surface area contributed by atoms with Gasteiger partial charge < -0.3 is 18.9 Å². The van der Waals surface area contributed by atoms with E-state index in [0.29, 0.717) is 0 Å². The predicted octanol–water partition coefficient (Wildman–Crippen LogP) is 5.09. The number of piperazine rings is 1. The van der Waals surface area contributed by atoms with Crippen molar-refractivity contribution in [1.82, 2.24) is 9.47 Å². The van der Waals surface area contributed by atoms with Crippen LogP contribution in [0.3, 0.4) is 0 Å². The Bertz CT molecular complexity index is 1180. The number of ether oxygens (including phenoxy) is 2. The molecule has 1 aliphatic rings. The van der Waals surface area contributed by atoms with Crippen molar-refractivity contribution >= 4 is 27.8 Å². The summed E-state index contributed by atoms with van der Waals surface area (Å²) in [4.78, 5) is 6.55. The molecular weight excluding hydrogens is 418 g/mol. The monoisotopic (exact) mass is 447 g/mol. The quantitative estimate of drug-likeness (QED) is 0.395. The molecule has 2 aromatic heterocycles. The van der Waals surface area contributed by atoms with Crippen LogP contribution in [0, 0.1) is 0 Å². The van der Waals surface area contributed by atoms with Crippen molar-refractivity contribution in [3.8, 4) is 11.5 Å². The summed E-state index contributed by atoms with van der Waals surface area (Å²) in [5, 5.41) is 4.77. The molecule has 5 rings (SSSR count). The summed E-state index contributed by atoms with van der Waals surface area (Å²) < 4.78 is 13.1. The van der Waals surface area contributed by atoms with Crippen LogP contribution >= 0.6 is 11.3 Å². The van der Waals surface area contributed by atoms with Gasteiger partial charge in [-0.1, -0.05) is 24.3 Å². The molecule has 1 fully saturated rings. The smallest absolute Gasteiger partial charge is 0.161 e. The van der Waals surface area contributed by atoms with Crippen LogP contribution in [0.15, 0.2) is 66.3 Å². The first-order valence-electron chi connectivity index (χ1n) is 11.0. The minimum atomic E-state index is 0.759. The Morgan fingerprint density at radius 2 is 1.69 bits per heavy atom. The fourth-order valence-electron chi connectivity index (χ4n) is 4.53. The van der Waals surface area contributed by atoms with E-state index in [1.807, 2.05) is 17.4 Å². The maximum absolute atomic E-state index is 5.47. The standard InChI is InChI=1S/C26H29N3O2S/c1-30-25-9-8-20(15-26(25)31-2)16-28-17-21-5-3-7-24(23(21)19-28)29-12-10-27(11-13-29)18-22-6-4-14-32-22/h3-9,14-15,17,19H,10-13,16,18H2,1-2H3. The van der Waals surface area contributed by atoms with Crippen LogP contribution in [-0.2, 0) is 13.1 Å². The number of anilines is 1. The number of thiophene rings is 1. The first kappa shape index (κ1) is 20.9. The van der Waals surface area contributed by atoms with Crippen molar-refractivity contribution in [2.45, 2.75) is 13.1 Å². The first-order valence-corrected chi connectivity index (χ1v) is 11.9. The molecule has 0 bridgehead atoms. The Morgan fingerprint density at radius 1 is 0.844 bits per heavy atom. The molecule has 4 aromatic rings. The second-order valence-corrected chi connectivity index (χ2v) is 9.27. The van der Waals surface area contributed by atoms with E-state index in [4.69, 9.17) is 9.47 Å². The highest BCUT2D eigenvalue weighted by molar-refractivity contribution is 7.09.